The summed E-state index contributed by atoms with van der Waals surface area (Å²) < 4.78 is 14.8. The van der Waals surface area contributed by atoms with Gasteiger partial charge in [0.15, 0.2) is 5.78 Å². The van der Waals surface area contributed by atoms with E-state index in [1.165, 1.54) is 6.92 Å². The highest BCUT2D eigenvalue weighted by atomic mass is 35.5. The van der Waals surface area contributed by atoms with Crippen LogP contribution in [0.1, 0.15) is 63.5 Å². The predicted molar refractivity (Wildman–Crippen MR) is 107 cm³/mol. The highest BCUT2D eigenvalue weighted by Gasteiger charge is 2.24. The van der Waals surface area contributed by atoms with Crippen LogP contribution in [-0.4, -0.2) is 23.2 Å². The lowest BCUT2D eigenvalue weighted by atomic mass is 9.99. The van der Waals surface area contributed by atoms with Crippen molar-refractivity contribution in [1.29, 1.82) is 0 Å². The lowest BCUT2D eigenvalue weighted by Crippen LogP contribution is -2.25. The predicted octanol–water partition coefficient (Wildman–Crippen LogP) is 3.94. The van der Waals surface area contributed by atoms with Crippen LogP contribution in [0.5, 0.6) is 0 Å². The Labute approximate surface area is 164 Å². The number of benzene rings is 1. The number of hydrogen-bond acceptors (Lipinski definition) is 3. The van der Waals surface area contributed by atoms with E-state index in [9.17, 15) is 14.0 Å². The van der Waals surface area contributed by atoms with Gasteiger partial charge in [-0.25, -0.2) is 4.39 Å². The molecule has 1 aliphatic heterocycles. The lowest BCUT2D eigenvalue weighted by Gasteiger charge is -2.19. The molecule has 27 heavy (non-hydrogen) atoms. The van der Waals surface area contributed by atoms with Crippen molar-refractivity contribution < 1.29 is 14.0 Å². The van der Waals surface area contributed by atoms with Crippen LogP contribution in [0, 0.1) is 12.7 Å². The first-order chi connectivity index (χ1) is 12.4. The standard InChI is InChI=1S/C20H24FN3O2.ClH/c1-4-5-15-17(12(3)25)11(2)23-19(15)20(26)24-16-7-6-13-10-22-9-8-14(13)18(16)21;/h6-7,22-23H,4-5,8-10H2,1-3H3,(H,24,26);1H. The fourth-order valence-corrected chi connectivity index (χ4v) is 3.66. The molecule has 0 bridgehead atoms. The van der Waals surface area contributed by atoms with Gasteiger partial charge in [-0.1, -0.05) is 19.4 Å². The van der Waals surface area contributed by atoms with Crippen LogP contribution in [0.2, 0.25) is 0 Å². The van der Waals surface area contributed by atoms with E-state index in [1.807, 2.05) is 13.0 Å². The summed E-state index contributed by atoms with van der Waals surface area (Å²) in [6.07, 6.45) is 2.01. The molecule has 3 N–H and O–H groups in total. The molecule has 1 aromatic heterocycles. The van der Waals surface area contributed by atoms with Crippen molar-refractivity contribution in [2.24, 2.45) is 0 Å². The minimum atomic E-state index is -0.420. The van der Waals surface area contributed by atoms with Gasteiger partial charge in [0.1, 0.15) is 11.5 Å². The molecule has 2 aromatic rings. The lowest BCUT2D eigenvalue weighted by molar-refractivity contribution is 0.101. The third kappa shape index (κ3) is 4.06. The highest BCUT2D eigenvalue weighted by Crippen LogP contribution is 2.26. The van der Waals surface area contributed by atoms with E-state index < -0.39 is 5.91 Å². The van der Waals surface area contributed by atoms with Gasteiger partial charge in [-0.3, -0.25) is 9.59 Å². The molecule has 1 aromatic carbocycles. The second-order valence-electron chi connectivity index (χ2n) is 6.73. The maximum Gasteiger partial charge on any atom is 0.272 e. The summed E-state index contributed by atoms with van der Waals surface area (Å²) in [6.45, 7) is 6.62. The van der Waals surface area contributed by atoms with Crippen molar-refractivity contribution in [3.05, 3.63) is 51.6 Å². The van der Waals surface area contributed by atoms with Crippen LogP contribution >= 0.6 is 12.4 Å². The molecule has 146 valence electrons. The van der Waals surface area contributed by atoms with Gasteiger partial charge in [0.2, 0.25) is 0 Å². The summed E-state index contributed by atoms with van der Waals surface area (Å²) in [7, 11) is 0. The number of carbonyl (C=O) groups is 2. The number of fused-ring (bicyclic) bond motifs is 1. The van der Waals surface area contributed by atoms with Crippen molar-refractivity contribution in [3.8, 4) is 0 Å². The Morgan fingerprint density at radius 3 is 2.70 bits per heavy atom. The Kier molecular flexibility index (Phi) is 6.78. The van der Waals surface area contributed by atoms with Gasteiger partial charge in [0.25, 0.3) is 5.91 Å². The molecule has 2 heterocycles. The topological polar surface area (TPSA) is 74.0 Å². The van der Waals surface area contributed by atoms with Crippen LogP contribution < -0.4 is 10.6 Å². The van der Waals surface area contributed by atoms with E-state index in [0.29, 0.717) is 47.5 Å². The summed E-state index contributed by atoms with van der Waals surface area (Å²) in [5.41, 5.74) is 4.04. The number of hydrogen-bond donors (Lipinski definition) is 3. The molecule has 0 saturated carbocycles. The van der Waals surface area contributed by atoms with E-state index in [0.717, 1.165) is 18.5 Å². The zero-order valence-corrected chi connectivity index (χ0v) is 16.6. The Balaban J connectivity index is 0.00000261. The maximum atomic E-state index is 14.8. The summed E-state index contributed by atoms with van der Waals surface area (Å²) in [6, 6.07) is 3.44. The molecule has 0 spiro atoms. The molecular weight excluding hydrogens is 369 g/mol. The van der Waals surface area contributed by atoms with Crippen LogP contribution in [0.3, 0.4) is 0 Å². The number of rotatable bonds is 5. The maximum absolute atomic E-state index is 14.8. The number of anilines is 1. The molecule has 0 saturated heterocycles. The Hall–Kier alpha value is -2.18. The van der Waals surface area contributed by atoms with E-state index in [4.69, 9.17) is 0 Å². The second kappa shape index (κ2) is 8.67. The normalized spacial score (nSPS) is 12.9. The number of aromatic amines is 1. The SMILES string of the molecule is CCCc1c(C(=O)Nc2ccc3c(c2F)CCNC3)[nH]c(C)c1C(C)=O.Cl. The highest BCUT2D eigenvalue weighted by molar-refractivity contribution is 6.07. The zero-order chi connectivity index (χ0) is 18.8. The van der Waals surface area contributed by atoms with Gasteiger partial charge in [-0.2, -0.15) is 0 Å². The number of aromatic nitrogens is 1. The van der Waals surface area contributed by atoms with Gasteiger partial charge in [-0.15, -0.1) is 12.4 Å². The number of H-pyrrole nitrogens is 1. The van der Waals surface area contributed by atoms with E-state index >= 15 is 0 Å². The quantitative estimate of drug-likeness (QED) is 0.673. The van der Waals surface area contributed by atoms with E-state index in [2.05, 4.69) is 15.6 Å². The molecule has 3 rings (SSSR count). The van der Waals surface area contributed by atoms with Crippen LogP contribution in [0.15, 0.2) is 12.1 Å². The number of carbonyl (C=O) groups excluding carboxylic acids is 2. The molecule has 0 unspecified atom stereocenters. The molecule has 7 heteroatoms. The fraction of sp³-hybridized carbons (Fsp3) is 0.400. The number of halogens is 2. The van der Waals surface area contributed by atoms with Crippen molar-refractivity contribution in [2.45, 2.75) is 46.6 Å². The first-order valence-electron chi connectivity index (χ1n) is 8.98. The molecule has 0 fully saturated rings. The number of nitrogens with one attached hydrogen (secondary N) is 3. The summed E-state index contributed by atoms with van der Waals surface area (Å²) in [5, 5.41) is 5.88. The molecule has 1 aliphatic rings. The number of amides is 1. The van der Waals surface area contributed by atoms with Gasteiger partial charge >= 0.3 is 0 Å². The number of Topliss-reactive ketones (excluding diaryl/α,β-unsaturated/α-hetero) is 1. The molecule has 5 nitrogen and oxygen atoms in total. The Bertz CT molecular complexity index is 877. The molecule has 0 atom stereocenters. The van der Waals surface area contributed by atoms with Crippen molar-refractivity contribution >= 4 is 29.8 Å². The Morgan fingerprint density at radius 2 is 2.04 bits per heavy atom. The van der Waals surface area contributed by atoms with Gasteiger partial charge < -0.3 is 15.6 Å². The van der Waals surface area contributed by atoms with Crippen molar-refractivity contribution in [2.75, 3.05) is 11.9 Å². The molecular formula is C20H25ClFN3O2. The minimum absolute atomic E-state index is 0. The molecule has 0 aliphatic carbocycles. The van der Waals surface area contributed by atoms with E-state index in [-0.39, 0.29) is 29.7 Å². The second-order valence-corrected chi connectivity index (χ2v) is 6.73. The van der Waals surface area contributed by atoms with Crippen LogP contribution in [0.4, 0.5) is 10.1 Å². The molecule has 0 radical (unpaired) electrons. The summed E-state index contributed by atoms with van der Waals surface area (Å²) >= 11 is 0. The van der Waals surface area contributed by atoms with Crippen LogP contribution in [-0.2, 0) is 19.4 Å². The Morgan fingerprint density at radius 1 is 1.30 bits per heavy atom. The zero-order valence-electron chi connectivity index (χ0n) is 15.8. The van der Waals surface area contributed by atoms with Crippen molar-refractivity contribution in [3.63, 3.8) is 0 Å². The molecule has 1 amide bonds. The largest absolute Gasteiger partial charge is 0.354 e. The van der Waals surface area contributed by atoms with Gasteiger partial charge in [0.05, 0.1) is 5.69 Å². The number of aryl methyl sites for hydroxylation is 1. The third-order valence-corrected chi connectivity index (χ3v) is 4.83. The summed E-state index contributed by atoms with van der Waals surface area (Å²) in [4.78, 5) is 27.8. The smallest absolute Gasteiger partial charge is 0.272 e. The monoisotopic (exact) mass is 393 g/mol. The fourth-order valence-electron chi connectivity index (χ4n) is 3.66. The summed E-state index contributed by atoms with van der Waals surface area (Å²) in [5.74, 6) is -0.866. The van der Waals surface area contributed by atoms with Gasteiger partial charge in [-0.05, 0) is 56.0 Å². The first-order valence-corrected chi connectivity index (χ1v) is 8.98. The number of ketones is 1. The van der Waals surface area contributed by atoms with Gasteiger partial charge in [0, 0.05) is 17.8 Å². The average Bonchev–Trinajstić information content (AvgIpc) is 2.94. The van der Waals surface area contributed by atoms with Crippen LogP contribution in [0.25, 0.3) is 0 Å². The van der Waals surface area contributed by atoms with E-state index in [1.54, 1.807) is 13.0 Å². The average molecular weight is 394 g/mol. The minimum Gasteiger partial charge on any atom is -0.354 e. The third-order valence-electron chi connectivity index (χ3n) is 4.83. The van der Waals surface area contributed by atoms with Crippen molar-refractivity contribution in [1.82, 2.24) is 10.3 Å². The first kappa shape index (κ1) is 21.1.